The van der Waals surface area contributed by atoms with E-state index in [1.807, 2.05) is 11.0 Å². The summed E-state index contributed by atoms with van der Waals surface area (Å²) < 4.78 is 0. The molecular formula is C24H32N4O2. The van der Waals surface area contributed by atoms with Crippen LogP contribution in [0.4, 0.5) is 0 Å². The highest BCUT2D eigenvalue weighted by Crippen LogP contribution is 2.38. The smallest absolute Gasteiger partial charge is 0.244 e. The zero-order chi connectivity index (χ0) is 21.1. The van der Waals surface area contributed by atoms with Crippen molar-refractivity contribution < 1.29 is 9.59 Å². The topological polar surface area (TPSA) is 76.4 Å². The Kier molecular flexibility index (Phi) is 6.21. The van der Waals surface area contributed by atoms with Gasteiger partial charge in [-0.3, -0.25) is 14.5 Å². The van der Waals surface area contributed by atoms with Crippen molar-refractivity contribution in [2.45, 2.75) is 62.9 Å². The van der Waals surface area contributed by atoms with E-state index in [-0.39, 0.29) is 11.7 Å². The maximum atomic E-state index is 13.9. The molecule has 1 aliphatic carbocycles. The number of hydrogen-bond acceptors (Lipinski definition) is 5. The van der Waals surface area contributed by atoms with Gasteiger partial charge in [0.25, 0.3) is 0 Å². The molecule has 6 nitrogen and oxygen atoms in total. The van der Waals surface area contributed by atoms with Gasteiger partial charge < -0.3 is 10.2 Å². The first kappa shape index (κ1) is 21.0. The number of carbonyl (C=O) groups is 2. The molecule has 30 heavy (non-hydrogen) atoms. The van der Waals surface area contributed by atoms with Gasteiger partial charge in [0.05, 0.1) is 17.6 Å². The molecule has 1 aromatic rings. The van der Waals surface area contributed by atoms with Crippen molar-refractivity contribution in [3.63, 3.8) is 0 Å². The molecule has 1 saturated carbocycles. The Balaban J connectivity index is 1.61. The molecule has 1 aromatic carbocycles. The van der Waals surface area contributed by atoms with Crippen molar-refractivity contribution in [3.8, 4) is 6.07 Å². The van der Waals surface area contributed by atoms with Crippen LogP contribution in [0, 0.1) is 11.3 Å². The maximum Gasteiger partial charge on any atom is 0.244 e. The van der Waals surface area contributed by atoms with Gasteiger partial charge in [0.15, 0.2) is 0 Å². The standard InChI is InChI=1S/C24H32N4O2/c1-18(29)22(20-7-2-6-19(16-20)17-25)24(10-4-11-26-24)23(30)28-13-5-12-27(14-15-28)21-8-3-9-21/h2,6-7,16,21-22,26H,3-5,8-15H2,1H3. The molecular weight excluding hydrogens is 376 g/mol. The molecule has 1 N–H and O–H groups in total. The predicted molar refractivity (Wildman–Crippen MR) is 115 cm³/mol. The first-order valence-corrected chi connectivity index (χ1v) is 11.3. The monoisotopic (exact) mass is 408 g/mol. The normalized spacial score (nSPS) is 26.5. The molecule has 3 aliphatic rings. The van der Waals surface area contributed by atoms with Gasteiger partial charge in [0, 0.05) is 32.2 Å². The van der Waals surface area contributed by atoms with Gasteiger partial charge in [0.2, 0.25) is 5.91 Å². The van der Waals surface area contributed by atoms with Gasteiger partial charge in [-0.2, -0.15) is 5.26 Å². The van der Waals surface area contributed by atoms with Crippen molar-refractivity contribution in [2.75, 3.05) is 32.7 Å². The van der Waals surface area contributed by atoms with Gasteiger partial charge in [0.1, 0.15) is 11.3 Å². The molecule has 6 heteroatoms. The van der Waals surface area contributed by atoms with Crippen LogP contribution >= 0.6 is 0 Å². The number of nitrogens with zero attached hydrogens (tertiary/aromatic N) is 3. The molecule has 0 bridgehead atoms. The molecule has 4 rings (SSSR count). The lowest BCUT2D eigenvalue weighted by atomic mass is 9.74. The second kappa shape index (κ2) is 8.87. The largest absolute Gasteiger partial charge is 0.340 e. The van der Waals surface area contributed by atoms with Crippen LogP contribution in [0.5, 0.6) is 0 Å². The third-order valence-electron chi connectivity index (χ3n) is 7.23. The Morgan fingerprint density at radius 2 is 2.00 bits per heavy atom. The second-order valence-corrected chi connectivity index (χ2v) is 9.05. The highest BCUT2D eigenvalue weighted by molar-refractivity contribution is 5.97. The van der Waals surface area contributed by atoms with Crippen LogP contribution in [0.1, 0.15) is 62.5 Å². The first-order valence-electron chi connectivity index (χ1n) is 11.3. The van der Waals surface area contributed by atoms with E-state index in [1.54, 1.807) is 25.1 Å². The van der Waals surface area contributed by atoms with Crippen LogP contribution in [-0.2, 0) is 9.59 Å². The Morgan fingerprint density at radius 1 is 1.17 bits per heavy atom. The minimum atomic E-state index is -0.911. The number of nitriles is 1. The van der Waals surface area contributed by atoms with Crippen molar-refractivity contribution in [3.05, 3.63) is 35.4 Å². The number of benzene rings is 1. The van der Waals surface area contributed by atoms with Crippen molar-refractivity contribution in [1.82, 2.24) is 15.1 Å². The molecule has 0 radical (unpaired) electrons. The molecule has 2 saturated heterocycles. The fourth-order valence-corrected chi connectivity index (χ4v) is 5.51. The first-order chi connectivity index (χ1) is 14.5. The van der Waals surface area contributed by atoms with Gasteiger partial charge in [-0.05, 0) is 63.3 Å². The molecule has 1 amide bonds. The number of nitrogens with one attached hydrogen (secondary N) is 1. The van der Waals surface area contributed by atoms with E-state index in [4.69, 9.17) is 0 Å². The molecule has 160 valence electrons. The van der Waals surface area contributed by atoms with Crippen LogP contribution in [0.15, 0.2) is 24.3 Å². The number of hydrogen-bond donors (Lipinski definition) is 1. The third-order valence-corrected chi connectivity index (χ3v) is 7.23. The van der Waals surface area contributed by atoms with E-state index in [9.17, 15) is 14.9 Å². The average molecular weight is 409 g/mol. The van der Waals surface area contributed by atoms with E-state index >= 15 is 0 Å². The fourth-order valence-electron chi connectivity index (χ4n) is 5.51. The van der Waals surface area contributed by atoms with Crippen LogP contribution in [0.3, 0.4) is 0 Å². The Labute approximate surface area is 179 Å². The van der Waals surface area contributed by atoms with Crippen LogP contribution in [-0.4, -0.2) is 65.8 Å². The summed E-state index contributed by atoms with van der Waals surface area (Å²) in [5.74, 6) is -0.552. The Morgan fingerprint density at radius 3 is 2.63 bits per heavy atom. The third kappa shape index (κ3) is 3.89. The lowest BCUT2D eigenvalue weighted by Gasteiger charge is -2.40. The highest BCUT2D eigenvalue weighted by atomic mass is 16.2. The van der Waals surface area contributed by atoms with Crippen molar-refractivity contribution >= 4 is 11.7 Å². The lowest BCUT2D eigenvalue weighted by Crippen LogP contribution is -2.60. The SMILES string of the molecule is CC(=O)C(c1cccc(C#N)c1)C1(C(=O)N2CCCN(C3CCC3)CC2)CCCN1. The van der Waals surface area contributed by atoms with Gasteiger partial charge in [-0.1, -0.05) is 18.6 Å². The zero-order valence-electron chi connectivity index (χ0n) is 17.9. The number of amides is 1. The number of ketones is 1. The summed E-state index contributed by atoms with van der Waals surface area (Å²) in [4.78, 5) is 31.3. The minimum Gasteiger partial charge on any atom is -0.340 e. The van der Waals surface area contributed by atoms with E-state index in [2.05, 4.69) is 16.3 Å². The summed E-state index contributed by atoms with van der Waals surface area (Å²) in [5.41, 5.74) is 0.367. The molecule has 0 aromatic heterocycles. The summed E-state index contributed by atoms with van der Waals surface area (Å²) in [6.45, 7) is 5.74. The van der Waals surface area contributed by atoms with Gasteiger partial charge in [-0.15, -0.1) is 0 Å². The summed E-state index contributed by atoms with van der Waals surface area (Å²) in [7, 11) is 0. The molecule has 2 unspecified atom stereocenters. The van der Waals surface area contributed by atoms with Crippen molar-refractivity contribution in [2.24, 2.45) is 0 Å². The van der Waals surface area contributed by atoms with Crippen molar-refractivity contribution in [1.29, 1.82) is 5.26 Å². The number of rotatable bonds is 5. The Bertz CT molecular complexity index is 836. The summed E-state index contributed by atoms with van der Waals surface area (Å²) >= 11 is 0. The average Bonchev–Trinajstić information content (AvgIpc) is 3.06. The fraction of sp³-hybridized carbons (Fsp3) is 0.625. The van der Waals surface area contributed by atoms with Crippen LogP contribution in [0.2, 0.25) is 0 Å². The van der Waals surface area contributed by atoms with E-state index in [0.717, 1.165) is 51.1 Å². The van der Waals surface area contributed by atoms with Crippen LogP contribution in [0.25, 0.3) is 0 Å². The summed E-state index contributed by atoms with van der Waals surface area (Å²) in [6.07, 6.45) is 6.37. The molecule has 2 aliphatic heterocycles. The molecule has 2 heterocycles. The second-order valence-electron chi connectivity index (χ2n) is 9.05. The van der Waals surface area contributed by atoms with E-state index in [0.29, 0.717) is 18.0 Å². The maximum absolute atomic E-state index is 13.9. The van der Waals surface area contributed by atoms with E-state index < -0.39 is 11.5 Å². The summed E-state index contributed by atoms with van der Waals surface area (Å²) in [6, 6.07) is 10.0. The predicted octanol–water partition coefficient (Wildman–Crippen LogP) is 2.44. The highest BCUT2D eigenvalue weighted by Gasteiger charge is 2.52. The molecule has 3 fully saturated rings. The zero-order valence-corrected chi connectivity index (χ0v) is 17.9. The van der Waals surface area contributed by atoms with Gasteiger partial charge in [-0.25, -0.2) is 0 Å². The number of carbonyl (C=O) groups excluding carboxylic acids is 2. The summed E-state index contributed by atoms with van der Waals surface area (Å²) in [5, 5.41) is 12.8. The molecule has 0 spiro atoms. The van der Waals surface area contributed by atoms with E-state index in [1.165, 1.54) is 19.3 Å². The van der Waals surface area contributed by atoms with Crippen LogP contribution < -0.4 is 5.32 Å². The number of Topliss-reactive ketones (excluding diaryl/α,β-unsaturated/α-hetero) is 1. The minimum absolute atomic E-state index is 0.0289. The Hall–Kier alpha value is -2.23. The molecule has 2 atom stereocenters. The van der Waals surface area contributed by atoms with Gasteiger partial charge >= 0.3 is 0 Å². The lowest BCUT2D eigenvalue weighted by molar-refractivity contribution is -0.141. The quantitative estimate of drug-likeness (QED) is 0.810.